The van der Waals surface area contributed by atoms with E-state index in [1.807, 2.05) is 44.2 Å². The number of benzene rings is 1. The average Bonchev–Trinajstić information content (AvgIpc) is 2.29. The molecule has 0 aliphatic carbocycles. The van der Waals surface area contributed by atoms with Crippen molar-refractivity contribution >= 4 is 5.78 Å². The Morgan fingerprint density at radius 2 is 1.87 bits per heavy atom. The highest BCUT2D eigenvalue weighted by Crippen LogP contribution is 2.14. The molecule has 0 radical (unpaired) electrons. The second-order valence-electron chi connectivity index (χ2n) is 3.91. The molecule has 0 aromatic heterocycles. The van der Waals surface area contributed by atoms with Crippen LogP contribution in [0.2, 0.25) is 0 Å². The molecule has 0 bridgehead atoms. The number of ether oxygens (including phenoxy) is 1. The molecule has 0 amide bonds. The largest absolute Gasteiger partial charge is 0.382 e. The summed E-state index contributed by atoms with van der Waals surface area (Å²) in [4.78, 5) is 11.9. The lowest BCUT2D eigenvalue weighted by Gasteiger charge is -2.14. The van der Waals surface area contributed by atoms with Gasteiger partial charge in [-0.25, -0.2) is 0 Å². The molecule has 0 saturated heterocycles. The molecular weight excluding hydrogens is 188 g/mol. The van der Waals surface area contributed by atoms with Crippen molar-refractivity contribution in [3.63, 3.8) is 0 Å². The van der Waals surface area contributed by atoms with Crippen LogP contribution in [-0.4, -0.2) is 19.0 Å². The number of methoxy groups -OCH3 is 1. The van der Waals surface area contributed by atoms with Crippen molar-refractivity contribution in [1.82, 2.24) is 0 Å². The number of Topliss-reactive ketones (excluding diaryl/α,β-unsaturated/α-hetero) is 1. The van der Waals surface area contributed by atoms with Crippen LogP contribution in [0.25, 0.3) is 0 Å². The summed E-state index contributed by atoms with van der Waals surface area (Å²) in [6.07, 6.45) is 0.900. The molecule has 2 unspecified atom stereocenters. The molecule has 1 aromatic rings. The van der Waals surface area contributed by atoms with Crippen molar-refractivity contribution in [2.24, 2.45) is 5.92 Å². The van der Waals surface area contributed by atoms with Gasteiger partial charge >= 0.3 is 0 Å². The Balaban J connectivity index is 2.61. The molecule has 0 fully saturated rings. The second kappa shape index (κ2) is 5.66. The zero-order chi connectivity index (χ0) is 11.3. The maximum Gasteiger partial charge on any atom is 0.165 e. The molecule has 0 aliphatic rings. The Morgan fingerprint density at radius 1 is 1.27 bits per heavy atom. The Morgan fingerprint density at radius 3 is 2.40 bits per heavy atom. The topological polar surface area (TPSA) is 26.3 Å². The van der Waals surface area contributed by atoms with Gasteiger partial charge in [0.05, 0.1) is 6.10 Å². The Labute approximate surface area is 91.3 Å². The Kier molecular flexibility index (Phi) is 4.50. The minimum Gasteiger partial charge on any atom is -0.382 e. The summed E-state index contributed by atoms with van der Waals surface area (Å²) in [6.45, 7) is 3.93. The number of carbonyl (C=O) groups is 1. The van der Waals surface area contributed by atoms with Gasteiger partial charge < -0.3 is 4.74 Å². The summed E-state index contributed by atoms with van der Waals surface area (Å²) in [6, 6.07) is 9.41. The van der Waals surface area contributed by atoms with E-state index >= 15 is 0 Å². The monoisotopic (exact) mass is 206 g/mol. The highest BCUT2D eigenvalue weighted by Gasteiger charge is 2.17. The first kappa shape index (κ1) is 11.9. The third-order valence-electron chi connectivity index (χ3n) is 2.59. The molecular formula is C13H18O2. The summed E-state index contributed by atoms with van der Waals surface area (Å²) < 4.78 is 5.15. The average molecular weight is 206 g/mol. The van der Waals surface area contributed by atoms with Crippen molar-refractivity contribution in [2.45, 2.75) is 26.4 Å². The quantitative estimate of drug-likeness (QED) is 0.692. The highest BCUT2D eigenvalue weighted by molar-refractivity contribution is 5.97. The lowest BCUT2D eigenvalue weighted by Crippen LogP contribution is -2.18. The van der Waals surface area contributed by atoms with Crippen LogP contribution in [-0.2, 0) is 4.74 Å². The van der Waals surface area contributed by atoms with Crippen LogP contribution in [0, 0.1) is 5.92 Å². The van der Waals surface area contributed by atoms with Gasteiger partial charge in [-0.05, 0) is 13.3 Å². The van der Waals surface area contributed by atoms with Crippen LogP contribution in [0.5, 0.6) is 0 Å². The Hall–Kier alpha value is -1.15. The van der Waals surface area contributed by atoms with Gasteiger partial charge in [0, 0.05) is 18.6 Å². The SMILES string of the molecule is COC(C)CC(C)C(=O)c1ccccc1. The summed E-state index contributed by atoms with van der Waals surface area (Å²) >= 11 is 0. The van der Waals surface area contributed by atoms with Crippen LogP contribution < -0.4 is 0 Å². The molecule has 2 nitrogen and oxygen atoms in total. The normalized spacial score (nSPS) is 14.6. The molecule has 15 heavy (non-hydrogen) atoms. The molecule has 82 valence electrons. The van der Waals surface area contributed by atoms with Crippen molar-refractivity contribution in [1.29, 1.82) is 0 Å². The van der Waals surface area contributed by atoms with E-state index in [1.54, 1.807) is 7.11 Å². The molecule has 1 aromatic carbocycles. The zero-order valence-electron chi connectivity index (χ0n) is 9.57. The van der Waals surface area contributed by atoms with E-state index in [9.17, 15) is 4.79 Å². The van der Waals surface area contributed by atoms with Gasteiger partial charge in [-0.15, -0.1) is 0 Å². The minimum absolute atomic E-state index is 0.0161. The van der Waals surface area contributed by atoms with Crippen molar-refractivity contribution in [2.75, 3.05) is 7.11 Å². The first-order valence-corrected chi connectivity index (χ1v) is 5.27. The smallest absolute Gasteiger partial charge is 0.165 e. The fourth-order valence-electron chi connectivity index (χ4n) is 1.59. The number of hydrogen-bond acceptors (Lipinski definition) is 2. The van der Waals surface area contributed by atoms with Gasteiger partial charge in [-0.1, -0.05) is 37.3 Å². The van der Waals surface area contributed by atoms with E-state index in [1.165, 1.54) is 0 Å². The third kappa shape index (κ3) is 3.48. The highest BCUT2D eigenvalue weighted by atomic mass is 16.5. The van der Waals surface area contributed by atoms with Crippen LogP contribution >= 0.6 is 0 Å². The van der Waals surface area contributed by atoms with Crippen LogP contribution in [0.3, 0.4) is 0 Å². The molecule has 0 aliphatic heterocycles. The summed E-state index contributed by atoms with van der Waals surface area (Å²) in [5.74, 6) is 0.210. The maximum absolute atomic E-state index is 11.9. The first-order chi connectivity index (χ1) is 7.15. The third-order valence-corrected chi connectivity index (χ3v) is 2.59. The van der Waals surface area contributed by atoms with Gasteiger partial charge in [-0.2, -0.15) is 0 Å². The van der Waals surface area contributed by atoms with Crippen molar-refractivity contribution in [3.05, 3.63) is 35.9 Å². The van der Waals surface area contributed by atoms with E-state index < -0.39 is 0 Å². The van der Waals surface area contributed by atoms with Crippen molar-refractivity contribution < 1.29 is 9.53 Å². The predicted molar refractivity (Wildman–Crippen MR) is 61.0 cm³/mol. The number of carbonyl (C=O) groups excluding carboxylic acids is 1. The summed E-state index contributed by atoms with van der Waals surface area (Å²) in [5.41, 5.74) is 0.785. The van der Waals surface area contributed by atoms with E-state index in [-0.39, 0.29) is 17.8 Å². The van der Waals surface area contributed by atoms with Crippen molar-refractivity contribution in [3.8, 4) is 0 Å². The first-order valence-electron chi connectivity index (χ1n) is 5.27. The molecule has 0 heterocycles. The fourth-order valence-corrected chi connectivity index (χ4v) is 1.59. The molecule has 2 atom stereocenters. The molecule has 0 saturated carbocycles. The second-order valence-corrected chi connectivity index (χ2v) is 3.91. The van der Waals surface area contributed by atoms with Gasteiger partial charge in [0.25, 0.3) is 0 Å². The zero-order valence-corrected chi connectivity index (χ0v) is 9.57. The van der Waals surface area contributed by atoms with Gasteiger partial charge in [-0.3, -0.25) is 4.79 Å². The van der Waals surface area contributed by atoms with Crippen LogP contribution in [0.15, 0.2) is 30.3 Å². The molecule has 2 heteroatoms. The number of hydrogen-bond donors (Lipinski definition) is 0. The fraction of sp³-hybridized carbons (Fsp3) is 0.462. The van der Waals surface area contributed by atoms with E-state index in [0.717, 1.165) is 12.0 Å². The van der Waals surface area contributed by atoms with Gasteiger partial charge in [0.15, 0.2) is 5.78 Å². The van der Waals surface area contributed by atoms with E-state index in [0.29, 0.717) is 0 Å². The Bertz CT molecular complexity index is 306. The maximum atomic E-state index is 11.9. The van der Waals surface area contributed by atoms with E-state index in [2.05, 4.69) is 0 Å². The van der Waals surface area contributed by atoms with Gasteiger partial charge in [0.1, 0.15) is 0 Å². The predicted octanol–water partition coefficient (Wildman–Crippen LogP) is 2.93. The summed E-state index contributed by atoms with van der Waals surface area (Å²) in [7, 11) is 1.67. The lowest BCUT2D eigenvalue weighted by molar-refractivity contribution is 0.0765. The molecule has 1 rings (SSSR count). The van der Waals surface area contributed by atoms with E-state index in [4.69, 9.17) is 4.74 Å². The standard InChI is InChI=1S/C13H18O2/c1-10(9-11(2)15-3)13(14)12-7-5-4-6-8-12/h4-8,10-11H,9H2,1-3H3. The van der Waals surface area contributed by atoms with Crippen LogP contribution in [0.1, 0.15) is 30.6 Å². The molecule has 0 N–H and O–H groups in total. The number of rotatable bonds is 5. The minimum atomic E-state index is 0.0161. The summed E-state index contributed by atoms with van der Waals surface area (Å²) in [5, 5.41) is 0. The molecule has 0 spiro atoms. The number of ketones is 1. The van der Waals surface area contributed by atoms with Gasteiger partial charge in [0.2, 0.25) is 0 Å². The van der Waals surface area contributed by atoms with Crippen LogP contribution in [0.4, 0.5) is 0 Å². The lowest BCUT2D eigenvalue weighted by atomic mass is 9.94.